The number of nitrogens with two attached hydrogens (primary N) is 1. The zero-order valence-electron chi connectivity index (χ0n) is 12.0. The first-order chi connectivity index (χ1) is 10.1. The van der Waals surface area contributed by atoms with Crippen molar-refractivity contribution in [3.8, 4) is 17.2 Å². The number of methoxy groups -OCH3 is 2. The number of ether oxygens (including phenoxy) is 3. The van der Waals surface area contributed by atoms with Crippen LogP contribution in [0.5, 0.6) is 17.2 Å². The Bertz CT molecular complexity index is 604. The lowest BCUT2D eigenvalue weighted by molar-refractivity contribution is 0.290. The molecule has 0 fully saturated rings. The van der Waals surface area contributed by atoms with E-state index in [1.165, 1.54) is 32.7 Å². The Labute approximate surface area is 121 Å². The Hall–Kier alpha value is -2.57. The van der Waals surface area contributed by atoms with Crippen molar-refractivity contribution >= 4 is 5.95 Å². The first-order valence-electron chi connectivity index (χ1n) is 6.17. The maximum absolute atomic E-state index is 14.3. The highest BCUT2D eigenvalue weighted by molar-refractivity contribution is 5.47. The molecule has 0 saturated carbocycles. The van der Waals surface area contributed by atoms with Gasteiger partial charge in [0.05, 0.1) is 26.6 Å². The molecule has 0 radical (unpaired) electrons. The lowest BCUT2D eigenvalue weighted by atomic mass is 10.1. The molecule has 0 bridgehead atoms. The maximum atomic E-state index is 14.3. The van der Waals surface area contributed by atoms with Crippen LogP contribution in [0.3, 0.4) is 0 Å². The van der Waals surface area contributed by atoms with E-state index < -0.39 is 5.82 Å². The summed E-state index contributed by atoms with van der Waals surface area (Å²) in [5.41, 5.74) is 6.38. The average Bonchev–Trinajstić information content (AvgIpc) is 2.49. The van der Waals surface area contributed by atoms with E-state index in [0.29, 0.717) is 22.6 Å². The van der Waals surface area contributed by atoms with Gasteiger partial charge in [-0.15, -0.1) is 0 Å². The third kappa shape index (κ3) is 3.13. The molecule has 21 heavy (non-hydrogen) atoms. The summed E-state index contributed by atoms with van der Waals surface area (Å²) in [5, 5.41) is 0. The molecule has 1 aromatic heterocycles. The molecule has 0 atom stereocenters. The van der Waals surface area contributed by atoms with Gasteiger partial charge in [-0.2, -0.15) is 0 Å². The highest BCUT2D eigenvalue weighted by Gasteiger charge is 2.17. The molecule has 112 valence electrons. The zero-order chi connectivity index (χ0) is 15.4. The topological polar surface area (TPSA) is 79.5 Å². The van der Waals surface area contributed by atoms with E-state index in [1.54, 1.807) is 6.92 Å². The van der Waals surface area contributed by atoms with Crippen LogP contribution in [-0.2, 0) is 6.61 Å². The lowest BCUT2D eigenvalue weighted by Crippen LogP contribution is -2.06. The predicted molar refractivity (Wildman–Crippen MR) is 75.0 cm³/mol. The molecule has 2 aromatic rings. The van der Waals surface area contributed by atoms with Crippen molar-refractivity contribution < 1.29 is 18.6 Å². The monoisotopic (exact) mass is 293 g/mol. The van der Waals surface area contributed by atoms with Gasteiger partial charge in [-0.25, -0.2) is 14.4 Å². The van der Waals surface area contributed by atoms with E-state index in [4.69, 9.17) is 19.9 Å². The molecule has 0 amide bonds. The number of nitrogen functional groups attached to an aromatic ring is 1. The summed E-state index contributed by atoms with van der Waals surface area (Å²) in [6.45, 7) is 1.75. The summed E-state index contributed by atoms with van der Waals surface area (Å²) in [7, 11) is 2.91. The fourth-order valence-electron chi connectivity index (χ4n) is 1.84. The van der Waals surface area contributed by atoms with Crippen molar-refractivity contribution in [2.45, 2.75) is 13.5 Å². The van der Waals surface area contributed by atoms with Crippen molar-refractivity contribution in [3.63, 3.8) is 0 Å². The van der Waals surface area contributed by atoms with Gasteiger partial charge >= 0.3 is 0 Å². The molecule has 7 heteroatoms. The molecule has 2 rings (SSSR count). The molecule has 1 heterocycles. The molecular formula is C14H16FN3O3. The summed E-state index contributed by atoms with van der Waals surface area (Å²) < 4.78 is 30.0. The SMILES string of the molecule is COc1cc(OC)c(F)c(COc2cnc(N)nc2)c1C. The minimum absolute atomic E-state index is 0.00148. The number of hydrogen-bond acceptors (Lipinski definition) is 6. The van der Waals surface area contributed by atoms with Crippen molar-refractivity contribution in [2.24, 2.45) is 0 Å². The second-order valence-electron chi connectivity index (χ2n) is 4.26. The van der Waals surface area contributed by atoms with Crippen molar-refractivity contribution in [2.75, 3.05) is 20.0 Å². The summed E-state index contributed by atoms with van der Waals surface area (Å²) in [5.74, 6) is 0.690. The summed E-state index contributed by atoms with van der Waals surface area (Å²) >= 11 is 0. The number of nitrogens with zero attached hydrogens (tertiary/aromatic N) is 2. The molecular weight excluding hydrogens is 277 g/mol. The molecule has 0 spiro atoms. The minimum atomic E-state index is -0.479. The van der Waals surface area contributed by atoms with Crippen LogP contribution in [0.1, 0.15) is 11.1 Å². The van der Waals surface area contributed by atoms with E-state index in [9.17, 15) is 4.39 Å². The van der Waals surface area contributed by atoms with E-state index >= 15 is 0 Å². The van der Waals surface area contributed by atoms with E-state index in [2.05, 4.69) is 9.97 Å². The maximum Gasteiger partial charge on any atom is 0.220 e. The standard InChI is InChI=1S/C14H16FN3O3/c1-8-10(7-21-9-5-17-14(16)18-6-9)13(15)12(20-3)4-11(8)19-2/h4-6H,7H2,1-3H3,(H2,16,17,18). The van der Waals surface area contributed by atoms with Crippen LogP contribution in [0.25, 0.3) is 0 Å². The van der Waals surface area contributed by atoms with Gasteiger partial charge in [0.2, 0.25) is 5.95 Å². The van der Waals surface area contributed by atoms with Gasteiger partial charge < -0.3 is 19.9 Å². The van der Waals surface area contributed by atoms with Crippen LogP contribution in [0.15, 0.2) is 18.5 Å². The van der Waals surface area contributed by atoms with Crippen molar-refractivity contribution in [1.29, 1.82) is 0 Å². The molecule has 2 N–H and O–H groups in total. The Morgan fingerprint density at radius 1 is 1.14 bits per heavy atom. The van der Waals surface area contributed by atoms with Gasteiger partial charge in [0.25, 0.3) is 0 Å². The van der Waals surface area contributed by atoms with Crippen LogP contribution in [0, 0.1) is 12.7 Å². The number of halogens is 1. The highest BCUT2D eigenvalue weighted by Crippen LogP contribution is 2.32. The molecule has 6 nitrogen and oxygen atoms in total. The normalized spacial score (nSPS) is 10.3. The number of benzene rings is 1. The predicted octanol–water partition coefficient (Wildman–Crippen LogP) is 2.10. The Kier molecular flexibility index (Phi) is 4.42. The van der Waals surface area contributed by atoms with E-state index in [1.807, 2.05) is 0 Å². The molecule has 0 unspecified atom stereocenters. The zero-order valence-corrected chi connectivity index (χ0v) is 12.0. The molecule has 0 aliphatic heterocycles. The lowest BCUT2D eigenvalue weighted by Gasteiger charge is -2.15. The minimum Gasteiger partial charge on any atom is -0.496 e. The summed E-state index contributed by atoms with van der Waals surface area (Å²) in [6.07, 6.45) is 2.85. The fraction of sp³-hybridized carbons (Fsp3) is 0.286. The average molecular weight is 293 g/mol. The number of rotatable bonds is 5. The Morgan fingerprint density at radius 3 is 2.33 bits per heavy atom. The molecule has 1 aromatic carbocycles. The van der Waals surface area contributed by atoms with Crippen molar-refractivity contribution in [1.82, 2.24) is 9.97 Å². The van der Waals surface area contributed by atoms with Gasteiger partial charge in [-0.05, 0) is 6.92 Å². The third-order valence-corrected chi connectivity index (χ3v) is 3.04. The van der Waals surface area contributed by atoms with Gasteiger partial charge in [0.1, 0.15) is 12.4 Å². The van der Waals surface area contributed by atoms with E-state index in [0.717, 1.165) is 0 Å². The van der Waals surface area contributed by atoms with Gasteiger partial charge in [-0.1, -0.05) is 0 Å². The fourth-order valence-corrected chi connectivity index (χ4v) is 1.84. The first-order valence-corrected chi connectivity index (χ1v) is 6.17. The highest BCUT2D eigenvalue weighted by atomic mass is 19.1. The molecule has 0 saturated heterocycles. The van der Waals surface area contributed by atoms with Crippen molar-refractivity contribution in [3.05, 3.63) is 35.4 Å². The first kappa shape index (κ1) is 14.8. The van der Waals surface area contributed by atoms with Gasteiger partial charge in [0.15, 0.2) is 17.3 Å². The van der Waals surface area contributed by atoms with Crippen LogP contribution in [0.2, 0.25) is 0 Å². The largest absolute Gasteiger partial charge is 0.496 e. The van der Waals surface area contributed by atoms with Gasteiger partial charge in [0, 0.05) is 17.2 Å². The second kappa shape index (κ2) is 6.25. The molecule has 0 aliphatic rings. The van der Waals surface area contributed by atoms with Crippen LogP contribution >= 0.6 is 0 Å². The summed E-state index contributed by atoms with van der Waals surface area (Å²) in [4.78, 5) is 7.60. The smallest absolute Gasteiger partial charge is 0.220 e. The number of anilines is 1. The third-order valence-electron chi connectivity index (χ3n) is 3.04. The van der Waals surface area contributed by atoms with Crippen LogP contribution < -0.4 is 19.9 Å². The van der Waals surface area contributed by atoms with Crippen LogP contribution in [0.4, 0.5) is 10.3 Å². The van der Waals surface area contributed by atoms with Gasteiger partial charge in [-0.3, -0.25) is 0 Å². The quantitative estimate of drug-likeness (QED) is 0.909. The Balaban J connectivity index is 2.28. The second-order valence-corrected chi connectivity index (χ2v) is 4.26. The van der Waals surface area contributed by atoms with Crippen LogP contribution in [-0.4, -0.2) is 24.2 Å². The summed E-state index contributed by atoms with van der Waals surface area (Å²) in [6, 6.07) is 1.50. The number of aromatic nitrogens is 2. The Morgan fingerprint density at radius 2 is 1.76 bits per heavy atom. The molecule has 0 aliphatic carbocycles. The number of hydrogen-bond donors (Lipinski definition) is 1. The van der Waals surface area contributed by atoms with E-state index in [-0.39, 0.29) is 18.3 Å².